The van der Waals surface area contributed by atoms with Crippen LogP contribution in [0.5, 0.6) is 0 Å². The maximum atomic E-state index is 10.4. The van der Waals surface area contributed by atoms with Crippen LogP contribution in [0, 0.1) is 0 Å². The van der Waals surface area contributed by atoms with E-state index in [9.17, 15) is 4.79 Å². The fraction of sp³-hybridized carbons (Fsp3) is 0.875. The van der Waals surface area contributed by atoms with Crippen molar-refractivity contribution in [3.05, 3.63) is 0 Å². The SMILES string of the molecule is CCCCOOC(C)OC(C)=O. The van der Waals surface area contributed by atoms with Crippen molar-refractivity contribution in [2.75, 3.05) is 6.61 Å². The first-order valence-electron chi connectivity index (χ1n) is 4.12. The molecule has 4 heteroatoms. The first-order valence-corrected chi connectivity index (χ1v) is 4.12. The van der Waals surface area contributed by atoms with Gasteiger partial charge in [0.25, 0.3) is 0 Å². The number of rotatable bonds is 6. The number of ether oxygens (including phenoxy) is 1. The Morgan fingerprint density at radius 3 is 2.67 bits per heavy atom. The molecular weight excluding hydrogens is 160 g/mol. The molecule has 1 atom stereocenters. The number of carbonyl (C=O) groups excluding carboxylic acids is 1. The van der Waals surface area contributed by atoms with E-state index in [-0.39, 0.29) is 5.97 Å². The molecule has 1 unspecified atom stereocenters. The third-order valence-electron chi connectivity index (χ3n) is 1.12. The van der Waals surface area contributed by atoms with Gasteiger partial charge in [-0.05, 0) is 6.42 Å². The Hall–Kier alpha value is -0.610. The molecule has 12 heavy (non-hydrogen) atoms. The van der Waals surface area contributed by atoms with Gasteiger partial charge in [0.15, 0.2) is 0 Å². The Labute approximate surface area is 72.7 Å². The van der Waals surface area contributed by atoms with Gasteiger partial charge in [-0.1, -0.05) is 13.3 Å². The molecule has 4 nitrogen and oxygen atoms in total. The van der Waals surface area contributed by atoms with Crippen molar-refractivity contribution in [3.8, 4) is 0 Å². The highest BCUT2D eigenvalue weighted by Crippen LogP contribution is 1.96. The van der Waals surface area contributed by atoms with Crippen molar-refractivity contribution in [1.82, 2.24) is 0 Å². The summed E-state index contributed by atoms with van der Waals surface area (Å²) in [4.78, 5) is 19.9. The molecule has 0 saturated heterocycles. The first kappa shape index (κ1) is 11.4. The van der Waals surface area contributed by atoms with Gasteiger partial charge < -0.3 is 4.74 Å². The molecule has 0 aliphatic rings. The topological polar surface area (TPSA) is 44.8 Å². The molecular formula is C8H16O4. The smallest absolute Gasteiger partial charge is 0.305 e. The fourth-order valence-electron chi connectivity index (χ4n) is 0.601. The van der Waals surface area contributed by atoms with E-state index in [0.29, 0.717) is 6.61 Å². The van der Waals surface area contributed by atoms with Crippen LogP contribution in [0.15, 0.2) is 0 Å². The summed E-state index contributed by atoms with van der Waals surface area (Å²) in [5.74, 6) is -0.374. The minimum absolute atomic E-state index is 0.374. The number of hydrogen-bond acceptors (Lipinski definition) is 4. The molecule has 0 fully saturated rings. The summed E-state index contributed by atoms with van der Waals surface area (Å²) in [6.07, 6.45) is 1.36. The van der Waals surface area contributed by atoms with Crippen LogP contribution in [-0.4, -0.2) is 18.9 Å². The van der Waals surface area contributed by atoms with Crippen molar-refractivity contribution in [3.63, 3.8) is 0 Å². The minimum atomic E-state index is -0.626. The van der Waals surface area contributed by atoms with Crippen molar-refractivity contribution >= 4 is 5.97 Å². The van der Waals surface area contributed by atoms with Gasteiger partial charge in [-0.2, -0.15) is 4.89 Å². The average molecular weight is 176 g/mol. The zero-order chi connectivity index (χ0) is 9.40. The van der Waals surface area contributed by atoms with Crippen molar-refractivity contribution in [2.45, 2.75) is 39.9 Å². The lowest BCUT2D eigenvalue weighted by molar-refractivity contribution is -0.365. The third kappa shape index (κ3) is 7.50. The molecule has 0 aromatic carbocycles. The van der Waals surface area contributed by atoms with Crippen LogP contribution in [0.4, 0.5) is 0 Å². The molecule has 0 bridgehead atoms. The zero-order valence-corrected chi connectivity index (χ0v) is 7.83. The lowest BCUT2D eigenvalue weighted by Crippen LogP contribution is -2.16. The predicted octanol–water partition coefficient (Wildman–Crippen LogP) is 1.64. The van der Waals surface area contributed by atoms with E-state index in [1.807, 2.05) is 0 Å². The second-order valence-corrected chi connectivity index (χ2v) is 2.45. The number of unbranched alkanes of at least 4 members (excludes halogenated alkanes) is 1. The molecule has 0 aliphatic carbocycles. The van der Waals surface area contributed by atoms with Crippen LogP contribution in [0.2, 0.25) is 0 Å². The van der Waals surface area contributed by atoms with E-state index >= 15 is 0 Å². The molecule has 0 aromatic rings. The van der Waals surface area contributed by atoms with Gasteiger partial charge in [0.1, 0.15) is 0 Å². The Morgan fingerprint density at radius 2 is 2.17 bits per heavy atom. The standard InChI is InChI=1S/C8H16O4/c1-4-5-6-10-12-8(3)11-7(2)9/h8H,4-6H2,1-3H3. The minimum Gasteiger partial charge on any atom is -0.433 e. The summed E-state index contributed by atoms with van der Waals surface area (Å²) in [6, 6.07) is 0. The number of hydrogen-bond donors (Lipinski definition) is 0. The van der Waals surface area contributed by atoms with E-state index in [2.05, 4.69) is 11.7 Å². The molecule has 0 heterocycles. The van der Waals surface area contributed by atoms with Gasteiger partial charge >= 0.3 is 5.97 Å². The van der Waals surface area contributed by atoms with Gasteiger partial charge in [0, 0.05) is 13.8 Å². The van der Waals surface area contributed by atoms with E-state index in [4.69, 9.17) is 9.78 Å². The molecule has 0 N–H and O–H groups in total. The summed E-state index contributed by atoms with van der Waals surface area (Å²) in [5.41, 5.74) is 0. The Balaban J connectivity index is 3.19. The normalized spacial score (nSPS) is 12.6. The van der Waals surface area contributed by atoms with Crippen molar-refractivity contribution in [2.24, 2.45) is 0 Å². The maximum absolute atomic E-state index is 10.4. The monoisotopic (exact) mass is 176 g/mol. The fourth-order valence-corrected chi connectivity index (χ4v) is 0.601. The molecule has 0 spiro atoms. The van der Waals surface area contributed by atoms with E-state index in [0.717, 1.165) is 12.8 Å². The summed E-state index contributed by atoms with van der Waals surface area (Å²) >= 11 is 0. The van der Waals surface area contributed by atoms with Crippen LogP contribution < -0.4 is 0 Å². The van der Waals surface area contributed by atoms with Crippen molar-refractivity contribution < 1.29 is 19.3 Å². The van der Waals surface area contributed by atoms with Gasteiger partial charge in [0.05, 0.1) is 6.61 Å². The summed E-state index contributed by atoms with van der Waals surface area (Å²) in [7, 11) is 0. The Kier molecular flexibility index (Phi) is 6.70. The Bertz CT molecular complexity index is 124. The molecule has 0 aromatic heterocycles. The van der Waals surface area contributed by atoms with Gasteiger partial charge in [-0.15, -0.1) is 0 Å². The number of esters is 1. The third-order valence-corrected chi connectivity index (χ3v) is 1.12. The highest BCUT2D eigenvalue weighted by molar-refractivity contribution is 5.65. The molecule has 0 amide bonds. The molecule has 0 rings (SSSR count). The summed E-state index contributed by atoms with van der Waals surface area (Å²) in [6.45, 7) is 5.51. The first-order chi connectivity index (χ1) is 5.66. The van der Waals surface area contributed by atoms with Crippen LogP contribution in [0.25, 0.3) is 0 Å². The molecule has 0 saturated carbocycles. The molecule has 0 radical (unpaired) electrons. The van der Waals surface area contributed by atoms with Gasteiger partial charge in [-0.3, -0.25) is 4.79 Å². The highest BCUT2D eigenvalue weighted by Gasteiger charge is 2.04. The van der Waals surface area contributed by atoms with E-state index < -0.39 is 6.29 Å². The largest absolute Gasteiger partial charge is 0.433 e. The lowest BCUT2D eigenvalue weighted by atomic mass is 10.4. The van der Waals surface area contributed by atoms with Crippen molar-refractivity contribution in [1.29, 1.82) is 0 Å². The second kappa shape index (κ2) is 7.06. The maximum Gasteiger partial charge on any atom is 0.305 e. The molecule has 0 aliphatic heterocycles. The Morgan fingerprint density at radius 1 is 1.50 bits per heavy atom. The highest BCUT2D eigenvalue weighted by atomic mass is 17.2. The van der Waals surface area contributed by atoms with E-state index in [1.54, 1.807) is 6.92 Å². The quantitative estimate of drug-likeness (QED) is 0.203. The summed E-state index contributed by atoms with van der Waals surface area (Å²) < 4.78 is 4.64. The van der Waals surface area contributed by atoms with Gasteiger partial charge in [-0.25, -0.2) is 4.89 Å². The summed E-state index contributed by atoms with van der Waals surface area (Å²) in [5, 5.41) is 0. The molecule has 72 valence electrons. The van der Waals surface area contributed by atoms with Crippen LogP contribution in [0.3, 0.4) is 0 Å². The zero-order valence-electron chi connectivity index (χ0n) is 7.83. The van der Waals surface area contributed by atoms with Crippen LogP contribution in [-0.2, 0) is 19.3 Å². The lowest BCUT2D eigenvalue weighted by Gasteiger charge is -2.10. The second-order valence-electron chi connectivity index (χ2n) is 2.45. The van der Waals surface area contributed by atoms with Gasteiger partial charge in [0.2, 0.25) is 6.29 Å². The van der Waals surface area contributed by atoms with Crippen LogP contribution >= 0.6 is 0 Å². The van der Waals surface area contributed by atoms with Crippen LogP contribution in [0.1, 0.15) is 33.6 Å². The number of carbonyl (C=O) groups is 1. The average Bonchev–Trinajstić information content (AvgIpc) is 1.97. The van der Waals surface area contributed by atoms with E-state index in [1.165, 1.54) is 6.92 Å². The predicted molar refractivity (Wildman–Crippen MR) is 43.2 cm³/mol.